The molecule has 0 heterocycles. The molecule has 0 amide bonds. The van der Waals surface area contributed by atoms with Crippen LogP contribution in [0.2, 0.25) is 0 Å². The Balaban J connectivity index is 4.82. The predicted octanol–water partition coefficient (Wildman–Crippen LogP) is 6.86. The molecule has 0 bridgehead atoms. The van der Waals surface area contributed by atoms with Crippen molar-refractivity contribution in [3.8, 4) is 0 Å². The molecule has 2 atom stereocenters. The van der Waals surface area contributed by atoms with E-state index in [4.69, 9.17) is 14.8 Å². The summed E-state index contributed by atoms with van der Waals surface area (Å²) in [5, 5.41) is 5.36. The molecule has 0 aliphatic heterocycles. The van der Waals surface area contributed by atoms with Gasteiger partial charge in [-0.05, 0) is 62.2 Å². The van der Waals surface area contributed by atoms with Crippen LogP contribution < -0.4 is 0 Å². The Hall–Kier alpha value is -0.120. The summed E-state index contributed by atoms with van der Waals surface area (Å²) in [5.41, 5.74) is 0.356. The fourth-order valence-electron chi connectivity index (χ4n) is 4.19. The van der Waals surface area contributed by atoms with Crippen LogP contribution in [0.3, 0.4) is 0 Å². The molecule has 0 radical (unpaired) electrons. The predicted molar refractivity (Wildman–Crippen MR) is 98.0 cm³/mol. The third-order valence-corrected chi connectivity index (χ3v) is 6.64. The Bertz CT molecular complexity index is 238. The lowest BCUT2D eigenvalue weighted by Crippen LogP contribution is -2.38. The van der Waals surface area contributed by atoms with Crippen molar-refractivity contribution in [1.29, 1.82) is 0 Å². The molecule has 3 nitrogen and oxygen atoms in total. The molecule has 0 aliphatic carbocycles. The quantitative estimate of drug-likeness (QED) is 0.257. The van der Waals surface area contributed by atoms with Gasteiger partial charge in [-0.3, -0.25) is 0 Å². The van der Waals surface area contributed by atoms with Crippen LogP contribution >= 0.6 is 0 Å². The minimum absolute atomic E-state index is 0.0827. The Labute approximate surface area is 145 Å². The lowest BCUT2D eigenvalue weighted by molar-refractivity contribution is -0.553. The van der Waals surface area contributed by atoms with Crippen LogP contribution in [0.5, 0.6) is 0 Å². The Morgan fingerprint density at radius 1 is 0.522 bits per heavy atom. The molecule has 0 saturated heterocycles. The maximum atomic E-state index is 5.77. The summed E-state index contributed by atoms with van der Waals surface area (Å²) in [5.74, 6) is 0. The zero-order valence-corrected chi connectivity index (χ0v) is 17.0. The molecule has 23 heavy (non-hydrogen) atoms. The van der Waals surface area contributed by atoms with Crippen LogP contribution in [0.25, 0.3) is 0 Å². The third kappa shape index (κ3) is 5.44. The van der Waals surface area contributed by atoms with Crippen LogP contribution in [0, 0.1) is 10.8 Å². The molecule has 0 spiro atoms. The zero-order valence-electron chi connectivity index (χ0n) is 17.0. The van der Waals surface area contributed by atoms with E-state index in [0.29, 0.717) is 0 Å². The van der Waals surface area contributed by atoms with Gasteiger partial charge in [-0.2, -0.15) is 0 Å². The molecule has 2 unspecified atom stereocenters. The summed E-state index contributed by atoms with van der Waals surface area (Å²) in [6.45, 7) is 17.8. The summed E-state index contributed by atoms with van der Waals surface area (Å²) >= 11 is 0. The summed E-state index contributed by atoms with van der Waals surface area (Å²) < 4.78 is 0. The number of hydrogen-bond acceptors (Lipinski definition) is 3. The summed E-state index contributed by atoms with van der Waals surface area (Å²) in [6, 6.07) is 0. The molecule has 140 valence electrons. The fourth-order valence-corrected chi connectivity index (χ4v) is 4.19. The van der Waals surface area contributed by atoms with E-state index in [-0.39, 0.29) is 23.0 Å². The smallest absolute Gasteiger partial charge is 0.101 e. The first kappa shape index (κ1) is 22.9. The normalized spacial score (nSPS) is 15.7. The van der Waals surface area contributed by atoms with Crippen molar-refractivity contribution in [2.45, 2.75) is 119 Å². The van der Waals surface area contributed by atoms with Crippen LogP contribution in [0.4, 0.5) is 0 Å². The van der Waals surface area contributed by atoms with Crippen LogP contribution in [0.1, 0.15) is 107 Å². The molecule has 0 aromatic carbocycles. The minimum Gasteiger partial charge on any atom is -0.202 e. The SMILES string of the molecule is CCC(OOOC(CC)C(CC)(CC)CC)C(CC)(CC)CC. The van der Waals surface area contributed by atoms with Gasteiger partial charge >= 0.3 is 0 Å². The van der Waals surface area contributed by atoms with Crippen LogP contribution in [-0.4, -0.2) is 12.2 Å². The van der Waals surface area contributed by atoms with Gasteiger partial charge in [0.25, 0.3) is 0 Å². The highest BCUT2D eigenvalue weighted by Crippen LogP contribution is 2.40. The van der Waals surface area contributed by atoms with E-state index in [0.717, 1.165) is 51.4 Å². The van der Waals surface area contributed by atoms with E-state index in [2.05, 4.69) is 55.4 Å². The molecule has 0 aromatic rings. The first-order valence-electron chi connectivity index (χ1n) is 9.98. The lowest BCUT2D eigenvalue weighted by atomic mass is 9.74. The van der Waals surface area contributed by atoms with Gasteiger partial charge in [0.1, 0.15) is 12.2 Å². The molecule has 0 aliphatic rings. The highest BCUT2D eigenvalue weighted by atomic mass is 17.5. The van der Waals surface area contributed by atoms with Crippen molar-refractivity contribution in [1.82, 2.24) is 0 Å². The van der Waals surface area contributed by atoms with Gasteiger partial charge in [-0.1, -0.05) is 60.4 Å². The third-order valence-electron chi connectivity index (χ3n) is 6.64. The molecular formula is C20H42O3. The van der Waals surface area contributed by atoms with E-state index in [9.17, 15) is 0 Å². The maximum absolute atomic E-state index is 5.77. The largest absolute Gasteiger partial charge is 0.202 e. The number of rotatable bonds is 14. The van der Waals surface area contributed by atoms with Gasteiger partial charge in [-0.25, -0.2) is 9.78 Å². The molecule has 0 N–H and O–H groups in total. The average Bonchev–Trinajstić information content (AvgIpc) is 2.61. The molecule has 0 rings (SSSR count). The highest BCUT2D eigenvalue weighted by Gasteiger charge is 2.37. The van der Waals surface area contributed by atoms with E-state index >= 15 is 0 Å². The monoisotopic (exact) mass is 330 g/mol. The van der Waals surface area contributed by atoms with E-state index in [1.165, 1.54) is 0 Å². The van der Waals surface area contributed by atoms with Gasteiger partial charge < -0.3 is 0 Å². The molecule has 0 fully saturated rings. The first-order chi connectivity index (χ1) is 11.0. The maximum Gasteiger partial charge on any atom is 0.101 e. The van der Waals surface area contributed by atoms with Gasteiger partial charge in [0.15, 0.2) is 0 Å². The summed E-state index contributed by atoms with van der Waals surface area (Å²) in [7, 11) is 0. The first-order valence-corrected chi connectivity index (χ1v) is 9.98. The van der Waals surface area contributed by atoms with Crippen molar-refractivity contribution in [2.24, 2.45) is 10.8 Å². The van der Waals surface area contributed by atoms with Crippen molar-refractivity contribution < 1.29 is 14.8 Å². The Morgan fingerprint density at radius 2 is 0.783 bits per heavy atom. The zero-order chi connectivity index (χ0) is 17.9. The van der Waals surface area contributed by atoms with Crippen LogP contribution in [0.15, 0.2) is 0 Å². The Morgan fingerprint density at radius 3 is 0.957 bits per heavy atom. The second-order valence-electron chi connectivity index (χ2n) is 6.90. The number of hydrogen-bond donors (Lipinski definition) is 0. The van der Waals surface area contributed by atoms with Crippen molar-refractivity contribution >= 4 is 0 Å². The molecular weight excluding hydrogens is 288 g/mol. The molecule has 0 aromatic heterocycles. The topological polar surface area (TPSA) is 27.7 Å². The van der Waals surface area contributed by atoms with Crippen molar-refractivity contribution in [3.63, 3.8) is 0 Å². The highest BCUT2D eigenvalue weighted by molar-refractivity contribution is 4.84. The molecule has 0 saturated carbocycles. The average molecular weight is 331 g/mol. The minimum atomic E-state index is 0.0827. The summed E-state index contributed by atoms with van der Waals surface area (Å²) in [4.78, 5) is 11.5. The molecule has 3 heteroatoms. The van der Waals surface area contributed by atoms with Gasteiger partial charge in [0, 0.05) is 0 Å². The van der Waals surface area contributed by atoms with E-state index in [1.807, 2.05) is 0 Å². The van der Waals surface area contributed by atoms with Crippen molar-refractivity contribution in [2.75, 3.05) is 0 Å². The van der Waals surface area contributed by atoms with E-state index in [1.54, 1.807) is 0 Å². The van der Waals surface area contributed by atoms with E-state index < -0.39 is 0 Å². The fraction of sp³-hybridized carbons (Fsp3) is 1.00. The van der Waals surface area contributed by atoms with Crippen LogP contribution in [-0.2, 0) is 14.8 Å². The Kier molecular flexibility index (Phi) is 11.4. The van der Waals surface area contributed by atoms with Gasteiger partial charge in [0.2, 0.25) is 0 Å². The van der Waals surface area contributed by atoms with Gasteiger partial charge in [-0.15, -0.1) is 0 Å². The lowest BCUT2D eigenvalue weighted by Gasteiger charge is -2.39. The van der Waals surface area contributed by atoms with Gasteiger partial charge in [0.05, 0.1) is 0 Å². The standard InChI is InChI=1S/C20H42O3/c1-9-17(19(11-3,12-4)13-5)21-23-22-18(10-2)20(14-6,15-7)16-8/h17-18H,9-16H2,1-8H3. The van der Waals surface area contributed by atoms with Crippen molar-refractivity contribution in [3.05, 3.63) is 0 Å². The second kappa shape index (κ2) is 11.4. The summed E-state index contributed by atoms with van der Waals surface area (Å²) in [6.07, 6.45) is 8.64. The second-order valence-corrected chi connectivity index (χ2v) is 6.90.